The molecule has 0 bridgehead atoms. The largest absolute Gasteiger partial charge is 0.324 e. The van der Waals surface area contributed by atoms with Gasteiger partial charge in [-0.3, -0.25) is 5.84 Å². The highest BCUT2D eigenvalue weighted by Gasteiger charge is 2.19. The summed E-state index contributed by atoms with van der Waals surface area (Å²) in [6, 6.07) is 14.7. The van der Waals surface area contributed by atoms with Crippen LogP contribution < -0.4 is 11.3 Å². The molecule has 15 heavy (non-hydrogen) atoms. The number of rotatable bonds is 1. The SMILES string of the molecule is NNc1cccc2c1-c1ccccc1C2. The predicted octanol–water partition coefficient (Wildman–Crippen LogP) is 2.54. The summed E-state index contributed by atoms with van der Waals surface area (Å²) >= 11 is 0. The molecule has 0 aliphatic heterocycles. The van der Waals surface area contributed by atoms with Crippen molar-refractivity contribution < 1.29 is 0 Å². The summed E-state index contributed by atoms with van der Waals surface area (Å²) in [5.41, 5.74) is 9.08. The summed E-state index contributed by atoms with van der Waals surface area (Å²) in [6.07, 6.45) is 1.01. The number of hydrazine groups is 1. The first-order valence-corrected chi connectivity index (χ1v) is 5.07. The average molecular weight is 196 g/mol. The number of hydrogen-bond acceptors (Lipinski definition) is 2. The molecule has 3 rings (SSSR count). The van der Waals surface area contributed by atoms with E-state index >= 15 is 0 Å². The Balaban J connectivity index is 2.30. The van der Waals surface area contributed by atoms with Crippen LogP contribution in [0.25, 0.3) is 11.1 Å². The standard InChI is InChI=1S/C13H12N2/c14-15-12-7-3-5-10-8-9-4-1-2-6-11(9)13(10)12/h1-7,15H,8,14H2. The molecule has 2 nitrogen and oxygen atoms in total. The Kier molecular flexibility index (Phi) is 1.76. The van der Waals surface area contributed by atoms with E-state index in [1.54, 1.807) is 0 Å². The molecule has 0 radical (unpaired) electrons. The Hall–Kier alpha value is -1.80. The Morgan fingerprint density at radius 2 is 1.73 bits per heavy atom. The summed E-state index contributed by atoms with van der Waals surface area (Å²) < 4.78 is 0. The van der Waals surface area contributed by atoms with E-state index in [0.717, 1.165) is 12.1 Å². The maximum absolute atomic E-state index is 5.53. The lowest BCUT2D eigenvalue weighted by Gasteiger charge is -2.07. The van der Waals surface area contributed by atoms with E-state index in [1.165, 1.54) is 22.3 Å². The first-order chi connectivity index (χ1) is 7.40. The van der Waals surface area contributed by atoms with Gasteiger partial charge in [0.2, 0.25) is 0 Å². The summed E-state index contributed by atoms with van der Waals surface area (Å²) in [5, 5.41) is 0. The molecule has 3 N–H and O–H groups in total. The maximum Gasteiger partial charge on any atom is 0.0566 e. The first kappa shape index (κ1) is 8.50. The molecule has 0 spiro atoms. The van der Waals surface area contributed by atoms with Gasteiger partial charge in [-0.2, -0.15) is 0 Å². The van der Waals surface area contributed by atoms with Crippen molar-refractivity contribution in [2.75, 3.05) is 5.43 Å². The second-order valence-electron chi connectivity index (χ2n) is 3.82. The molecule has 1 aliphatic carbocycles. The Labute approximate surface area is 88.7 Å². The van der Waals surface area contributed by atoms with Gasteiger partial charge >= 0.3 is 0 Å². The fraction of sp³-hybridized carbons (Fsp3) is 0.0769. The third kappa shape index (κ3) is 1.15. The zero-order valence-electron chi connectivity index (χ0n) is 8.33. The van der Waals surface area contributed by atoms with Crippen molar-refractivity contribution in [1.82, 2.24) is 0 Å². The molecule has 0 aromatic heterocycles. The van der Waals surface area contributed by atoms with E-state index in [-0.39, 0.29) is 0 Å². The molecule has 0 fully saturated rings. The predicted molar refractivity (Wildman–Crippen MR) is 62.5 cm³/mol. The highest BCUT2D eigenvalue weighted by molar-refractivity contribution is 5.86. The van der Waals surface area contributed by atoms with Crippen molar-refractivity contribution in [3.8, 4) is 11.1 Å². The van der Waals surface area contributed by atoms with Gasteiger partial charge in [0.1, 0.15) is 0 Å². The highest BCUT2D eigenvalue weighted by atomic mass is 15.2. The number of hydrogen-bond donors (Lipinski definition) is 2. The second-order valence-corrected chi connectivity index (χ2v) is 3.82. The number of nitrogens with two attached hydrogens (primary N) is 1. The van der Waals surface area contributed by atoms with Gasteiger partial charge in [-0.1, -0.05) is 36.4 Å². The molecule has 0 heterocycles. The van der Waals surface area contributed by atoms with Gasteiger partial charge in [-0.05, 0) is 29.2 Å². The van der Waals surface area contributed by atoms with Crippen molar-refractivity contribution in [2.45, 2.75) is 6.42 Å². The van der Waals surface area contributed by atoms with Gasteiger partial charge in [0.05, 0.1) is 5.69 Å². The number of anilines is 1. The summed E-state index contributed by atoms with van der Waals surface area (Å²) in [6.45, 7) is 0. The molecular weight excluding hydrogens is 184 g/mol. The molecular formula is C13H12N2. The van der Waals surface area contributed by atoms with E-state index in [2.05, 4.69) is 35.8 Å². The van der Waals surface area contributed by atoms with Crippen LogP contribution in [0.3, 0.4) is 0 Å². The minimum absolute atomic E-state index is 1.01. The molecule has 1 aliphatic rings. The van der Waals surface area contributed by atoms with Crippen LogP contribution in [0.15, 0.2) is 42.5 Å². The summed E-state index contributed by atoms with van der Waals surface area (Å²) in [4.78, 5) is 0. The van der Waals surface area contributed by atoms with Crippen LogP contribution in [0.4, 0.5) is 5.69 Å². The van der Waals surface area contributed by atoms with Gasteiger partial charge in [-0.15, -0.1) is 0 Å². The molecule has 2 heteroatoms. The van der Waals surface area contributed by atoms with Crippen molar-refractivity contribution in [3.05, 3.63) is 53.6 Å². The Bertz CT molecular complexity index is 518. The van der Waals surface area contributed by atoms with Crippen LogP contribution in [0, 0.1) is 0 Å². The van der Waals surface area contributed by atoms with Crippen molar-refractivity contribution in [1.29, 1.82) is 0 Å². The molecule has 0 atom stereocenters. The molecule has 2 aromatic carbocycles. The van der Waals surface area contributed by atoms with Crippen LogP contribution in [-0.2, 0) is 6.42 Å². The monoisotopic (exact) mass is 196 g/mol. The van der Waals surface area contributed by atoms with Crippen LogP contribution in [0.5, 0.6) is 0 Å². The van der Waals surface area contributed by atoms with Crippen LogP contribution in [0.1, 0.15) is 11.1 Å². The molecule has 0 amide bonds. The van der Waals surface area contributed by atoms with Gasteiger partial charge < -0.3 is 5.43 Å². The van der Waals surface area contributed by atoms with Crippen molar-refractivity contribution in [3.63, 3.8) is 0 Å². The lowest BCUT2D eigenvalue weighted by molar-refractivity contribution is 1.26. The lowest BCUT2D eigenvalue weighted by Crippen LogP contribution is -2.07. The summed E-state index contributed by atoms with van der Waals surface area (Å²) in [7, 11) is 0. The first-order valence-electron chi connectivity index (χ1n) is 5.07. The van der Waals surface area contributed by atoms with E-state index in [1.807, 2.05) is 12.1 Å². The normalized spacial score (nSPS) is 12.1. The van der Waals surface area contributed by atoms with Crippen molar-refractivity contribution in [2.24, 2.45) is 5.84 Å². The zero-order chi connectivity index (χ0) is 10.3. The van der Waals surface area contributed by atoms with Crippen LogP contribution >= 0.6 is 0 Å². The average Bonchev–Trinajstić information content (AvgIpc) is 2.67. The second kappa shape index (κ2) is 3.11. The molecule has 0 saturated carbocycles. The fourth-order valence-electron chi connectivity index (χ4n) is 2.31. The third-order valence-electron chi connectivity index (χ3n) is 2.97. The quantitative estimate of drug-likeness (QED) is 0.463. The van der Waals surface area contributed by atoms with Gasteiger partial charge in [-0.25, -0.2) is 0 Å². The molecule has 2 aromatic rings. The lowest BCUT2D eigenvalue weighted by atomic mass is 10.0. The minimum atomic E-state index is 1.01. The number of fused-ring (bicyclic) bond motifs is 3. The minimum Gasteiger partial charge on any atom is -0.324 e. The smallest absolute Gasteiger partial charge is 0.0566 e. The molecule has 0 unspecified atom stereocenters. The zero-order valence-corrected chi connectivity index (χ0v) is 8.33. The molecule has 0 saturated heterocycles. The van der Waals surface area contributed by atoms with Gasteiger partial charge in [0.15, 0.2) is 0 Å². The van der Waals surface area contributed by atoms with E-state index in [4.69, 9.17) is 5.84 Å². The summed E-state index contributed by atoms with van der Waals surface area (Å²) in [5.74, 6) is 5.53. The van der Waals surface area contributed by atoms with Crippen LogP contribution in [-0.4, -0.2) is 0 Å². The van der Waals surface area contributed by atoms with Gasteiger partial charge in [0, 0.05) is 5.56 Å². The van der Waals surface area contributed by atoms with E-state index < -0.39 is 0 Å². The number of nitrogens with one attached hydrogen (secondary N) is 1. The molecule has 74 valence electrons. The topological polar surface area (TPSA) is 38.0 Å². The fourth-order valence-corrected chi connectivity index (χ4v) is 2.31. The van der Waals surface area contributed by atoms with Gasteiger partial charge in [0.25, 0.3) is 0 Å². The van der Waals surface area contributed by atoms with Crippen molar-refractivity contribution >= 4 is 5.69 Å². The van der Waals surface area contributed by atoms with Crippen LogP contribution in [0.2, 0.25) is 0 Å². The Morgan fingerprint density at radius 1 is 0.933 bits per heavy atom. The van der Waals surface area contributed by atoms with E-state index in [9.17, 15) is 0 Å². The highest BCUT2D eigenvalue weighted by Crippen LogP contribution is 2.40. The van der Waals surface area contributed by atoms with E-state index in [0.29, 0.717) is 0 Å². The third-order valence-corrected chi connectivity index (χ3v) is 2.97. The Morgan fingerprint density at radius 3 is 2.60 bits per heavy atom. The number of nitrogen functional groups attached to an aromatic ring is 1. The maximum atomic E-state index is 5.53. The number of benzene rings is 2.